The van der Waals surface area contributed by atoms with Crippen LogP contribution in [-0.2, 0) is 16.0 Å². The van der Waals surface area contributed by atoms with Crippen molar-refractivity contribution in [2.45, 2.75) is 38.5 Å². The topological polar surface area (TPSA) is 44.8 Å². The molecule has 0 spiro atoms. The summed E-state index contributed by atoms with van der Waals surface area (Å²) in [5, 5.41) is 0. The number of methoxy groups -OCH3 is 2. The van der Waals surface area contributed by atoms with Crippen LogP contribution in [0.4, 0.5) is 0 Å². The van der Waals surface area contributed by atoms with Crippen molar-refractivity contribution in [3.63, 3.8) is 0 Å². The predicted octanol–water partition coefficient (Wildman–Crippen LogP) is 5.26. The van der Waals surface area contributed by atoms with Crippen LogP contribution in [0.5, 0.6) is 11.5 Å². The van der Waals surface area contributed by atoms with Gasteiger partial charge in [-0.3, -0.25) is 4.79 Å². The molecule has 0 saturated heterocycles. The molecule has 0 amide bonds. The molecule has 2 aromatic rings. The zero-order chi connectivity index (χ0) is 21.1. The molecule has 2 aliphatic carbocycles. The van der Waals surface area contributed by atoms with Gasteiger partial charge in [-0.2, -0.15) is 0 Å². The van der Waals surface area contributed by atoms with Gasteiger partial charge >= 0.3 is 5.97 Å². The van der Waals surface area contributed by atoms with Crippen molar-refractivity contribution in [1.82, 2.24) is 0 Å². The Bertz CT molecular complexity index is 873. The van der Waals surface area contributed by atoms with Gasteiger partial charge in [0, 0.05) is 0 Å². The number of esters is 1. The molecule has 0 N–H and O–H groups in total. The summed E-state index contributed by atoms with van der Waals surface area (Å²) in [7, 11) is 3.18. The van der Waals surface area contributed by atoms with Gasteiger partial charge in [-0.05, 0) is 84.7 Å². The average Bonchev–Trinajstić information content (AvgIpc) is 3.70. The van der Waals surface area contributed by atoms with E-state index in [1.807, 2.05) is 25.1 Å². The highest BCUT2D eigenvalue weighted by atomic mass is 16.5. The summed E-state index contributed by atoms with van der Waals surface area (Å²) >= 11 is 0. The third-order valence-electron chi connectivity index (χ3n) is 6.65. The van der Waals surface area contributed by atoms with Crippen LogP contribution in [-0.4, -0.2) is 26.8 Å². The predicted molar refractivity (Wildman–Crippen MR) is 117 cm³/mol. The molecule has 4 rings (SSSR count). The first-order valence-corrected chi connectivity index (χ1v) is 11.0. The molecule has 1 unspecified atom stereocenters. The molecule has 2 saturated carbocycles. The summed E-state index contributed by atoms with van der Waals surface area (Å²) in [6.07, 6.45) is 4.66. The third-order valence-corrected chi connectivity index (χ3v) is 6.65. The van der Waals surface area contributed by atoms with Crippen molar-refractivity contribution in [3.8, 4) is 11.5 Å². The number of hydrogen-bond donors (Lipinski definition) is 0. The normalized spacial score (nSPS) is 22.1. The maximum atomic E-state index is 12.1. The van der Waals surface area contributed by atoms with Crippen LogP contribution in [0.2, 0.25) is 0 Å². The third kappa shape index (κ3) is 4.97. The maximum Gasteiger partial charge on any atom is 0.309 e. The Hall–Kier alpha value is -2.49. The van der Waals surface area contributed by atoms with Gasteiger partial charge in [-0.15, -0.1) is 0 Å². The molecule has 2 fully saturated rings. The summed E-state index contributed by atoms with van der Waals surface area (Å²) < 4.78 is 16.5. The number of ether oxygens (including phenoxy) is 3. The molecule has 0 heterocycles. The molecule has 2 aromatic carbocycles. The second-order valence-corrected chi connectivity index (χ2v) is 8.87. The molecule has 30 heavy (non-hydrogen) atoms. The smallest absolute Gasteiger partial charge is 0.309 e. The van der Waals surface area contributed by atoms with E-state index in [9.17, 15) is 4.79 Å². The molecule has 0 aliphatic heterocycles. The largest absolute Gasteiger partial charge is 0.497 e. The lowest BCUT2D eigenvalue weighted by atomic mass is 9.83. The number of carbonyl (C=O) groups excluding carboxylic acids is 1. The number of hydrogen-bond acceptors (Lipinski definition) is 4. The van der Waals surface area contributed by atoms with E-state index in [2.05, 4.69) is 30.3 Å². The van der Waals surface area contributed by atoms with Crippen molar-refractivity contribution >= 4 is 5.97 Å². The molecule has 0 radical (unpaired) electrons. The van der Waals surface area contributed by atoms with Crippen molar-refractivity contribution in [1.29, 1.82) is 0 Å². The van der Waals surface area contributed by atoms with E-state index in [-0.39, 0.29) is 17.8 Å². The highest BCUT2D eigenvalue weighted by molar-refractivity contribution is 5.73. The Labute approximate surface area is 179 Å². The van der Waals surface area contributed by atoms with Crippen molar-refractivity contribution in [3.05, 3.63) is 59.7 Å². The molecule has 4 heteroatoms. The van der Waals surface area contributed by atoms with E-state index in [0.717, 1.165) is 24.5 Å². The van der Waals surface area contributed by atoms with E-state index in [1.165, 1.54) is 37.5 Å². The lowest BCUT2D eigenvalue weighted by Gasteiger charge is -2.23. The number of rotatable bonds is 10. The summed E-state index contributed by atoms with van der Waals surface area (Å²) in [6, 6.07) is 16.7. The van der Waals surface area contributed by atoms with Gasteiger partial charge in [0.15, 0.2) is 0 Å². The minimum Gasteiger partial charge on any atom is -0.497 e. The monoisotopic (exact) mass is 408 g/mol. The van der Waals surface area contributed by atoms with Gasteiger partial charge in [0.2, 0.25) is 0 Å². The Morgan fingerprint density at radius 3 is 2.53 bits per heavy atom. The zero-order valence-electron chi connectivity index (χ0n) is 18.2. The van der Waals surface area contributed by atoms with Crippen LogP contribution in [0.15, 0.2) is 48.5 Å². The molecule has 4 atom stereocenters. The highest BCUT2D eigenvalue weighted by Crippen LogP contribution is 2.47. The highest BCUT2D eigenvalue weighted by Gasteiger charge is 2.40. The first-order chi connectivity index (χ1) is 14.6. The van der Waals surface area contributed by atoms with Gasteiger partial charge in [-0.1, -0.05) is 31.2 Å². The molecular weight excluding hydrogens is 376 g/mol. The second-order valence-electron chi connectivity index (χ2n) is 8.87. The van der Waals surface area contributed by atoms with E-state index in [4.69, 9.17) is 14.2 Å². The standard InChI is InChI=1S/C26H32O4/c1-17(26(27)29-3)25(19-10-11-19)20-7-5-9-24(15-20)30-16-22-14-21(22)12-18-6-4-8-23(13-18)28-2/h4-9,13,15,17,19,21-22,25H,10-12,14,16H2,1-3H3/t17-,21+,22?,25-/m0/s1. The zero-order valence-corrected chi connectivity index (χ0v) is 18.2. The minimum absolute atomic E-state index is 0.128. The molecule has 4 nitrogen and oxygen atoms in total. The van der Waals surface area contributed by atoms with Crippen LogP contribution in [0.25, 0.3) is 0 Å². The van der Waals surface area contributed by atoms with E-state index >= 15 is 0 Å². The van der Waals surface area contributed by atoms with E-state index < -0.39 is 0 Å². The molecule has 2 aliphatic rings. The molecule has 0 bridgehead atoms. The quantitative estimate of drug-likeness (QED) is 0.503. The van der Waals surface area contributed by atoms with Gasteiger partial charge in [0.25, 0.3) is 0 Å². The Morgan fingerprint density at radius 1 is 1.03 bits per heavy atom. The molecule has 0 aromatic heterocycles. The Morgan fingerprint density at radius 2 is 1.80 bits per heavy atom. The van der Waals surface area contributed by atoms with Crippen LogP contribution >= 0.6 is 0 Å². The van der Waals surface area contributed by atoms with Gasteiger partial charge in [0.05, 0.1) is 26.7 Å². The van der Waals surface area contributed by atoms with Crippen molar-refractivity contribution in [2.24, 2.45) is 23.7 Å². The van der Waals surface area contributed by atoms with Crippen LogP contribution in [0.1, 0.15) is 43.2 Å². The summed E-state index contributed by atoms with van der Waals surface area (Å²) in [5.41, 5.74) is 2.52. The fraction of sp³-hybridized carbons (Fsp3) is 0.500. The summed E-state index contributed by atoms with van der Waals surface area (Å²) in [4.78, 5) is 12.1. The Kier molecular flexibility index (Phi) is 6.31. The number of carbonyl (C=O) groups is 1. The Balaban J connectivity index is 1.33. The lowest BCUT2D eigenvalue weighted by Crippen LogP contribution is -2.22. The van der Waals surface area contributed by atoms with Gasteiger partial charge in [-0.25, -0.2) is 0 Å². The van der Waals surface area contributed by atoms with Crippen molar-refractivity contribution < 1.29 is 19.0 Å². The first-order valence-electron chi connectivity index (χ1n) is 11.0. The van der Waals surface area contributed by atoms with Crippen molar-refractivity contribution in [2.75, 3.05) is 20.8 Å². The van der Waals surface area contributed by atoms with Gasteiger partial charge in [0.1, 0.15) is 11.5 Å². The minimum atomic E-state index is -0.131. The lowest BCUT2D eigenvalue weighted by molar-refractivity contribution is -0.145. The number of benzene rings is 2. The fourth-order valence-electron chi connectivity index (χ4n) is 4.64. The summed E-state index contributed by atoms with van der Waals surface area (Å²) in [6.45, 7) is 2.73. The second kappa shape index (κ2) is 9.11. The SMILES string of the molecule is COC(=O)[C@@H](C)[C@H](c1cccc(OCC2C[C@H]2Cc2cccc(OC)c2)c1)C1CC1. The first kappa shape index (κ1) is 20.8. The van der Waals surface area contributed by atoms with Crippen LogP contribution < -0.4 is 9.47 Å². The van der Waals surface area contributed by atoms with Crippen LogP contribution in [0.3, 0.4) is 0 Å². The maximum absolute atomic E-state index is 12.1. The fourth-order valence-corrected chi connectivity index (χ4v) is 4.64. The molecule has 160 valence electrons. The van der Waals surface area contributed by atoms with E-state index in [0.29, 0.717) is 17.8 Å². The summed E-state index contributed by atoms with van der Waals surface area (Å²) in [5.74, 6) is 3.64. The van der Waals surface area contributed by atoms with E-state index in [1.54, 1.807) is 7.11 Å². The molecular formula is C26H32O4. The van der Waals surface area contributed by atoms with Crippen LogP contribution in [0, 0.1) is 23.7 Å². The van der Waals surface area contributed by atoms with Gasteiger partial charge < -0.3 is 14.2 Å². The average molecular weight is 409 g/mol.